The topological polar surface area (TPSA) is 88.6 Å². The van der Waals surface area contributed by atoms with Crippen molar-refractivity contribution in [2.24, 2.45) is 5.92 Å². The van der Waals surface area contributed by atoms with E-state index in [2.05, 4.69) is 10.3 Å². The second kappa shape index (κ2) is 10.0. The third-order valence-corrected chi connectivity index (χ3v) is 8.80. The van der Waals surface area contributed by atoms with E-state index in [9.17, 15) is 13.2 Å². The number of nitrogens with zero attached hydrogens (tertiary/aromatic N) is 2. The molecule has 33 heavy (non-hydrogen) atoms. The van der Waals surface area contributed by atoms with Crippen LogP contribution in [0.2, 0.25) is 0 Å². The van der Waals surface area contributed by atoms with Gasteiger partial charge in [-0.15, -0.1) is 0 Å². The first-order valence-electron chi connectivity index (χ1n) is 10.8. The molecule has 0 unspecified atom stereocenters. The normalized spacial score (nSPS) is 15.3. The lowest BCUT2D eigenvalue weighted by Gasteiger charge is -2.31. The molecule has 4 rings (SSSR count). The first-order valence-corrected chi connectivity index (χ1v) is 13.1. The quantitative estimate of drug-likeness (QED) is 0.481. The molecule has 0 bridgehead atoms. The number of carbonyl (C=O) groups excluding carboxylic acids is 1. The van der Waals surface area contributed by atoms with Crippen LogP contribution in [0.3, 0.4) is 0 Å². The van der Waals surface area contributed by atoms with Crippen LogP contribution in [-0.4, -0.2) is 50.2 Å². The fraction of sp³-hybridized carbons (Fsp3) is 0.333. The number of piperidine rings is 1. The molecule has 0 aliphatic carbocycles. The van der Waals surface area contributed by atoms with Crippen molar-refractivity contribution >= 4 is 32.3 Å². The lowest BCUT2D eigenvalue weighted by molar-refractivity contribution is 0.104. The van der Waals surface area contributed by atoms with Crippen molar-refractivity contribution in [1.82, 2.24) is 9.29 Å². The number of hydrogen-bond acceptors (Lipinski definition) is 7. The van der Waals surface area contributed by atoms with Gasteiger partial charge < -0.3 is 10.1 Å². The molecule has 9 heteroatoms. The van der Waals surface area contributed by atoms with E-state index in [0.29, 0.717) is 46.9 Å². The van der Waals surface area contributed by atoms with E-state index < -0.39 is 10.0 Å². The summed E-state index contributed by atoms with van der Waals surface area (Å²) in [6, 6.07) is 14.0. The van der Waals surface area contributed by atoms with Crippen molar-refractivity contribution < 1.29 is 17.9 Å². The maximum Gasteiger partial charge on any atom is 0.243 e. The number of sulfonamides is 1. The molecule has 0 spiro atoms. The maximum absolute atomic E-state index is 12.9. The Bertz CT molecular complexity index is 1210. The van der Waals surface area contributed by atoms with Crippen LogP contribution in [0.15, 0.2) is 59.6 Å². The van der Waals surface area contributed by atoms with Gasteiger partial charge in [0.1, 0.15) is 5.75 Å². The Morgan fingerprint density at radius 3 is 2.52 bits per heavy atom. The summed E-state index contributed by atoms with van der Waals surface area (Å²) in [6.45, 7) is 3.59. The SMILES string of the molecule is COc1ccc(S(=O)(=O)N2CCC(CNc3ncc(C(=O)c4ccccc4C)s3)CC2)cc1. The highest BCUT2D eigenvalue weighted by molar-refractivity contribution is 7.89. The molecule has 1 aromatic heterocycles. The first kappa shape index (κ1) is 23.4. The summed E-state index contributed by atoms with van der Waals surface area (Å²) in [4.78, 5) is 18.0. The van der Waals surface area contributed by atoms with E-state index in [0.717, 1.165) is 18.4 Å². The number of methoxy groups -OCH3 is 1. The van der Waals surface area contributed by atoms with Gasteiger partial charge in [0.05, 0.1) is 23.1 Å². The van der Waals surface area contributed by atoms with Crippen LogP contribution >= 0.6 is 11.3 Å². The number of ketones is 1. The average molecular weight is 486 g/mol. The van der Waals surface area contributed by atoms with Crippen LogP contribution in [0.4, 0.5) is 5.13 Å². The predicted molar refractivity (Wildman–Crippen MR) is 130 cm³/mol. The molecular weight excluding hydrogens is 458 g/mol. The first-order chi connectivity index (χ1) is 15.9. The molecule has 0 amide bonds. The van der Waals surface area contributed by atoms with Gasteiger partial charge in [-0.1, -0.05) is 35.6 Å². The van der Waals surface area contributed by atoms with Crippen molar-refractivity contribution in [2.45, 2.75) is 24.7 Å². The van der Waals surface area contributed by atoms with Crippen molar-refractivity contribution in [3.63, 3.8) is 0 Å². The zero-order chi connectivity index (χ0) is 23.4. The smallest absolute Gasteiger partial charge is 0.243 e. The second-order valence-electron chi connectivity index (χ2n) is 8.08. The third kappa shape index (κ3) is 5.26. The summed E-state index contributed by atoms with van der Waals surface area (Å²) >= 11 is 1.35. The summed E-state index contributed by atoms with van der Waals surface area (Å²) < 4.78 is 32.5. The Kier molecular flexibility index (Phi) is 7.11. The minimum atomic E-state index is -3.50. The van der Waals surface area contributed by atoms with Crippen molar-refractivity contribution in [3.8, 4) is 5.75 Å². The molecule has 0 saturated carbocycles. The van der Waals surface area contributed by atoms with Gasteiger partial charge in [0, 0.05) is 25.2 Å². The minimum absolute atomic E-state index is 0.0179. The summed E-state index contributed by atoms with van der Waals surface area (Å²) in [7, 11) is -1.95. The summed E-state index contributed by atoms with van der Waals surface area (Å²) in [6.07, 6.45) is 3.15. The van der Waals surface area contributed by atoms with Crippen LogP contribution in [0.25, 0.3) is 0 Å². The molecule has 2 heterocycles. The van der Waals surface area contributed by atoms with Crippen LogP contribution in [0.1, 0.15) is 33.6 Å². The Morgan fingerprint density at radius 1 is 1.15 bits per heavy atom. The van der Waals surface area contributed by atoms with E-state index >= 15 is 0 Å². The van der Waals surface area contributed by atoms with Crippen molar-refractivity contribution in [2.75, 3.05) is 32.1 Å². The van der Waals surface area contributed by atoms with Gasteiger partial charge in [-0.3, -0.25) is 4.79 Å². The second-order valence-corrected chi connectivity index (χ2v) is 11.0. The van der Waals surface area contributed by atoms with Gasteiger partial charge in [-0.05, 0) is 55.5 Å². The Morgan fingerprint density at radius 2 is 1.85 bits per heavy atom. The number of nitrogens with one attached hydrogen (secondary N) is 1. The lowest BCUT2D eigenvalue weighted by atomic mass is 9.98. The highest BCUT2D eigenvalue weighted by Gasteiger charge is 2.29. The highest BCUT2D eigenvalue weighted by Crippen LogP contribution is 2.27. The van der Waals surface area contributed by atoms with Crippen LogP contribution in [0, 0.1) is 12.8 Å². The number of benzene rings is 2. The number of aryl methyl sites for hydroxylation is 1. The highest BCUT2D eigenvalue weighted by atomic mass is 32.2. The van der Waals surface area contributed by atoms with Crippen LogP contribution in [0.5, 0.6) is 5.75 Å². The molecule has 3 aromatic rings. The predicted octanol–water partition coefficient (Wildman–Crippen LogP) is 4.20. The number of ether oxygens (including phenoxy) is 1. The lowest BCUT2D eigenvalue weighted by Crippen LogP contribution is -2.39. The zero-order valence-electron chi connectivity index (χ0n) is 18.7. The standard InChI is InChI=1S/C24H27N3O4S2/c1-17-5-3-4-6-21(17)23(28)22-16-26-24(32-22)25-15-18-11-13-27(14-12-18)33(29,30)20-9-7-19(31-2)8-10-20/h3-10,16,18H,11-15H2,1-2H3,(H,25,26). The molecule has 174 valence electrons. The number of anilines is 1. The molecule has 0 atom stereocenters. The van der Waals surface area contributed by atoms with Gasteiger partial charge in [0.25, 0.3) is 0 Å². The third-order valence-electron chi connectivity index (χ3n) is 5.93. The molecule has 1 aliphatic heterocycles. The van der Waals surface area contributed by atoms with E-state index in [4.69, 9.17) is 4.74 Å². The van der Waals surface area contributed by atoms with Gasteiger partial charge in [-0.2, -0.15) is 4.31 Å². The van der Waals surface area contributed by atoms with Gasteiger partial charge in [-0.25, -0.2) is 13.4 Å². The van der Waals surface area contributed by atoms with E-state index in [1.165, 1.54) is 11.3 Å². The van der Waals surface area contributed by atoms with Crippen LogP contribution in [-0.2, 0) is 10.0 Å². The Hall–Kier alpha value is -2.75. The average Bonchev–Trinajstić information content (AvgIpc) is 3.32. The summed E-state index contributed by atoms with van der Waals surface area (Å²) in [5.41, 5.74) is 1.64. The van der Waals surface area contributed by atoms with Gasteiger partial charge in [0.2, 0.25) is 15.8 Å². The molecule has 7 nitrogen and oxygen atoms in total. The molecule has 2 aromatic carbocycles. The van der Waals surface area contributed by atoms with Crippen molar-refractivity contribution in [1.29, 1.82) is 0 Å². The number of aromatic nitrogens is 1. The monoisotopic (exact) mass is 485 g/mol. The number of rotatable bonds is 8. The number of thiazole rings is 1. The number of carbonyl (C=O) groups is 1. The molecule has 1 aliphatic rings. The van der Waals surface area contributed by atoms with E-state index in [1.54, 1.807) is 41.9 Å². The van der Waals surface area contributed by atoms with Gasteiger partial charge >= 0.3 is 0 Å². The fourth-order valence-corrected chi connectivity index (χ4v) is 6.15. The van der Waals surface area contributed by atoms with E-state index in [-0.39, 0.29) is 10.7 Å². The zero-order valence-corrected chi connectivity index (χ0v) is 20.3. The molecule has 0 radical (unpaired) electrons. The summed E-state index contributed by atoms with van der Waals surface area (Å²) in [5, 5.41) is 4.04. The molecular formula is C24H27N3O4S2. The minimum Gasteiger partial charge on any atom is -0.497 e. The van der Waals surface area contributed by atoms with Crippen molar-refractivity contribution in [3.05, 3.63) is 70.7 Å². The Balaban J connectivity index is 1.30. The summed E-state index contributed by atoms with van der Waals surface area (Å²) in [5.74, 6) is 0.951. The number of hydrogen-bond donors (Lipinski definition) is 1. The van der Waals surface area contributed by atoms with Gasteiger partial charge in [0.15, 0.2) is 5.13 Å². The maximum atomic E-state index is 12.9. The largest absolute Gasteiger partial charge is 0.497 e. The molecule has 1 saturated heterocycles. The molecule has 1 fully saturated rings. The Labute approximate surface area is 198 Å². The van der Waals surface area contributed by atoms with E-state index in [1.807, 2.05) is 31.2 Å². The van der Waals surface area contributed by atoms with Crippen LogP contribution < -0.4 is 10.1 Å². The molecule has 1 N–H and O–H groups in total. The fourth-order valence-electron chi connectivity index (χ4n) is 3.90.